The van der Waals surface area contributed by atoms with Crippen LogP contribution in [-0.4, -0.2) is 27.8 Å². The number of hydrogen-bond donors (Lipinski definition) is 3. The van der Waals surface area contributed by atoms with Gasteiger partial charge in [-0.3, -0.25) is 4.79 Å². The predicted molar refractivity (Wildman–Crippen MR) is 105 cm³/mol. The Morgan fingerprint density at radius 3 is 2.71 bits per heavy atom. The van der Waals surface area contributed by atoms with Crippen molar-refractivity contribution in [2.45, 2.75) is 78.0 Å². The molecule has 5 rings (SSSR count). The molecule has 5 nitrogen and oxygen atoms in total. The molecular formula is C23H31NO4. The number of phenols is 1. The molecule has 1 spiro atoms. The molecule has 1 aromatic carbocycles. The molecule has 0 unspecified atom stereocenters. The summed E-state index contributed by atoms with van der Waals surface area (Å²) >= 11 is 0. The van der Waals surface area contributed by atoms with Crippen LogP contribution in [-0.2, 0) is 13.0 Å². The van der Waals surface area contributed by atoms with Crippen molar-refractivity contribution in [1.82, 2.24) is 5.32 Å². The first kappa shape index (κ1) is 18.3. The van der Waals surface area contributed by atoms with E-state index in [0.29, 0.717) is 36.1 Å². The fourth-order valence-electron chi connectivity index (χ4n) is 7.19. The van der Waals surface area contributed by atoms with Gasteiger partial charge >= 0.3 is 0 Å². The molecular weight excluding hydrogens is 354 g/mol. The zero-order valence-electron chi connectivity index (χ0n) is 17.3. The van der Waals surface area contributed by atoms with E-state index in [9.17, 15) is 15.0 Å². The van der Waals surface area contributed by atoms with Gasteiger partial charge in [-0.05, 0) is 54.6 Å². The van der Waals surface area contributed by atoms with Gasteiger partial charge in [-0.25, -0.2) is 0 Å². The van der Waals surface area contributed by atoms with Crippen LogP contribution < -0.4 is 10.1 Å². The van der Waals surface area contributed by atoms with E-state index in [1.807, 2.05) is 0 Å². The maximum Gasteiger partial charge on any atom is 0.255 e. The number of ether oxygens (including phenoxy) is 1. The highest BCUT2D eigenvalue weighted by atomic mass is 16.5. The lowest BCUT2D eigenvalue weighted by Gasteiger charge is -2.64. The van der Waals surface area contributed by atoms with Crippen LogP contribution in [0.2, 0.25) is 0 Å². The van der Waals surface area contributed by atoms with Gasteiger partial charge in [-0.1, -0.05) is 27.7 Å². The van der Waals surface area contributed by atoms with E-state index >= 15 is 0 Å². The van der Waals surface area contributed by atoms with Gasteiger partial charge in [0.05, 0.1) is 11.7 Å². The summed E-state index contributed by atoms with van der Waals surface area (Å²) in [7, 11) is 0. The van der Waals surface area contributed by atoms with Gasteiger partial charge in [0.25, 0.3) is 5.91 Å². The van der Waals surface area contributed by atoms with Crippen LogP contribution >= 0.6 is 0 Å². The van der Waals surface area contributed by atoms with Crippen LogP contribution in [0.5, 0.6) is 11.5 Å². The fraction of sp³-hybridized carbons (Fsp3) is 0.696. The Kier molecular flexibility index (Phi) is 3.55. The van der Waals surface area contributed by atoms with E-state index in [2.05, 4.69) is 33.0 Å². The molecule has 1 aromatic rings. The van der Waals surface area contributed by atoms with Gasteiger partial charge in [0.2, 0.25) is 0 Å². The van der Waals surface area contributed by atoms with Crippen molar-refractivity contribution in [1.29, 1.82) is 0 Å². The van der Waals surface area contributed by atoms with Crippen molar-refractivity contribution in [3.8, 4) is 11.5 Å². The quantitative estimate of drug-likeness (QED) is 0.638. The van der Waals surface area contributed by atoms with E-state index in [1.165, 1.54) is 0 Å². The Hall–Kier alpha value is -1.75. The average Bonchev–Trinajstić information content (AvgIpc) is 3.20. The van der Waals surface area contributed by atoms with Gasteiger partial charge in [-0.2, -0.15) is 0 Å². The van der Waals surface area contributed by atoms with E-state index in [-0.39, 0.29) is 28.6 Å². The molecule has 2 heterocycles. The number of phenolic OH excluding ortho intramolecular Hbond substituents is 1. The Bertz CT molecular complexity index is 878. The summed E-state index contributed by atoms with van der Waals surface area (Å²) < 4.78 is 6.84. The molecule has 2 aliphatic carbocycles. The molecule has 2 aliphatic heterocycles. The van der Waals surface area contributed by atoms with Crippen LogP contribution in [0.15, 0.2) is 6.07 Å². The number of nitrogens with one attached hydrogen (secondary N) is 1. The van der Waals surface area contributed by atoms with Gasteiger partial charge in [0.15, 0.2) is 0 Å². The summed E-state index contributed by atoms with van der Waals surface area (Å²) in [6.45, 7) is 9.40. The van der Waals surface area contributed by atoms with Gasteiger partial charge in [-0.15, -0.1) is 0 Å². The minimum atomic E-state index is -0.453. The second-order valence-electron chi connectivity index (χ2n) is 10.4. The molecule has 0 saturated heterocycles. The number of carbonyl (C=O) groups excluding carboxylic acids is 1. The lowest BCUT2D eigenvalue weighted by molar-refractivity contribution is -0.210. The zero-order valence-corrected chi connectivity index (χ0v) is 17.3. The SMILES string of the molecule is C[C@@H]1CC[C@H]2C(C)(C)[C@@H](O)CC[C@]2(C)[C@@]12Cc1c(O)cc3c(c1O2)C(=O)NC3. The molecule has 5 heteroatoms. The highest BCUT2D eigenvalue weighted by Crippen LogP contribution is 2.67. The minimum absolute atomic E-state index is 0.104. The molecule has 152 valence electrons. The number of fused-ring (bicyclic) bond motifs is 5. The van der Waals surface area contributed by atoms with E-state index in [0.717, 1.165) is 36.8 Å². The molecule has 1 amide bonds. The van der Waals surface area contributed by atoms with E-state index in [4.69, 9.17) is 4.74 Å². The summed E-state index contributed by atoms with van der Waals surface area (Å²) in [4.78, 5) is 12.5. The summed E-state index contributed by atoms with van der Waals surface area (Å²) in [5, 5.41) is 24.3. The van der Waals surface area contributed by atoms with E-state index in [1.54, 1.807) is 6.07 Å². The highest BCUT2D eigenvalue weighted by Gasteiger charge is 2.67. The third-order valence-corrected chi connectivity index (χ3v) is 8.95. The first-order valence-corrected chi connectivity index (χ1v) is 10.6. The number of benzene rings is 1. The molecule has 2 saturated carbocycles. The number of aromatic hydroxyl groups is 1. The van der Waals surface area contributed by atoms with E-state index < -0.39 is 5.60 Å². The largest absolute Gasteiger partial charge is 0.508 e. The van der Waals surface area contributed by atoms with Gasteiger partial charge in [0.1, 0.15) is 17.1 Å². The highest BCUT2D eigenvalue weighted by molar-refractivity contribution is 6.02. The Balaban J connectivity index is 1.66. The topological polar surface area (TPSA) is 78.8 Å². The fourth-order valence-corrected chi connectivity index (χ4v) is 7.19. The standard InChI is InChI=1S/C23H31NO4/c1-12-5-6-16-21(2,3)17(26)7-8-22(16,4)23(12)10-14-15(25)9-13-11-24-20(27)18(13)19(14)28-23/h9,12,16-17,25-26H,5-8,10-11H2,1-4H3,(H,24,27)/t12-,16+,17+,22+,23-/m1/s1. The number of amides is 1. The Labute approximate surface area is 166 Å². The van der Waals surface area contributed by atoms with Crippen molar-refractivity contribution in [3.05, 3.63) is 22.8 Å². The van der Waals surface area contributed by atoms with Crippen LogP contribution in [0.3, 0.4) is 0 Å². The summed E-state index contributed by atoms with van der Waals surface area (Å²) in [6, 6.07) is 1.73. The lowest BCUT2D eigenvalue weighted by Crippen LogP contribution is -2.66. The van der Waals surface area contributed by atoms with Crippen molar-refractivity contribution in [2.75, 3.05) is 0 Å². The Morgan fingerprint density at radius 1 is 1.21 bits per heavy atom. The monoisotopic (exact) mass is 385 g/mol. The molecule has 0 radical (unpaired) electrons. The molecule has 28 heavy (non-hydrogen) atoms. The second-order valence-corrected chi connectivity index (χ2v) is 10.4. The maximum atomic E-state index is 12.5. The van der Waals surface area contributed by atoms with Crippen molar-refractivity contribution in [3.63, 3.8) is 0 Å². The van der Waals surface area contributed by atoms with Crippen LogP contribution in [0.4, 0.5) is 0 Å². The predicted octanol–water partition coefficient (Wildman–Crippen LogP) is 3.54. The van der Waals surface area contributed by atoms with Crippen molar-refractivity contribution in [2.24, 2.45) is 22.7 Å². The Morgan fingerprint density at radius 2 is 1.96 bits per heavy atom. The summed E-state index contributed by atoms with van der Waals surface area (Å²) in [6.07, 6.45) is 4.10. The number of carbonyl (C=O) groups is 1. The molecule has 3 N–H and O–H groups in total. The number of hydrogen-bond acceptors (Lipinski definition) is 4. The first-order valence-electron chi connectivity index (χ1n) is 10.6. The molecule has 5 atom stereocenters. The third-order valence-electron chi connectivity index (χ3n) is 8.95. The van der Waals surface area contributed by atoms with Crippen LogP contribution in [0.25, 0.3) is 0 Å². The molecule has 2 fully saturated rings. The first-order chi connectivity index (χ1) is 13.1. The molecule has 0 bridgehead atoms. The number of rotatable bonds is 0. The van der Waals surface area contributed by atoms with Gasteiger partial charge in [0, 0.05) is 23.9 Å². The summed E-state index contributed by atoms with van der Waals surface area (Å²) in [5.74, 6) is 1.38. The zero-order chi connectivity index (χ0) is 20.1. The van der Waals surface area contributed by atoms with Gasteiger partial charge < -0.3 is 20.3 Å². The second kappa shape index (κ2) is 5.44. The third kappa shape index (κ3) is 1.99. The van der Waals surface area contributed by atoms with Crippen molar-refractivity contribution < 1.29 is 19.7 Å². The average molecular weight is 386 g/mol. The molecule has 4 aliphatic rings. The summed E-state index contributed by atoms with van der Waals surface area (Å²) in [5.41, 5.74) is 1.46. The van der Waals surface area contributed by atoms with Crippen LogP contribution in [0, 0.1) is 22.7 Å². The number of aliphatic hydroxyl groups excluding tert-OH is 1. The normalized spacial score (nSPS) is 40.5. The smallest absolute Gasteiger partial charge is 0.255 e. The minimum Gasteiger partial charge on any atom is -0.508 e. The lowest BCUT2D eigenvalue weighted by atomic mass is 9.43. The number of aliphatic hydroxyl groups is 1. The van der Waals surface area contributed by atoms with Crippen LogP contribution in [0.1, 0.15) is 74.9 Å². The van der Waals surface area contributed by atoms with Crippen molar-refractivity contribution >= 4 is 5.91 Å². The maximum absolute atomic E-state index is 12.5. The molecule has 0 aromatic heterocycles.